The second-order valence-electron chi connectivity index (χ2n) is 8.56. The highest BCUT2D eigenvalue weighted by molar-refractivity contribution is 5.83. The van der Waals surface area contributed by atoms with E-state index in [9.17, 15) is 32.3 Å². The summed E-state index contributed by atoms with van der Waals surface area (Å²) in [6.07, 6.45) is -7.53. The van der Waals surface area contributed by atoms with E-state index < -0.39 is 47.3 Å². The van der Waals surface area contributed by atoms with Crippen molar-refractivity contribution in [3.8, 4) is 0 Å². The highest BCUT2D eigenvalue weighted by Gasteiger charge is 2.35. The van der Waals surface area contributed by atoms with Crippen LogP contribution in [0.1, 0.15) is 37.8 Å². The maximum Gasteiger partial charge on any atom is 0.416 e. The number of carboxylic acid groups (broad SMARTS) is 2. The summed E-state index contributed by atoms with van der Waals surface area (Å²) < 4.78 is 52.9. The molecule has 0 amide bonds. The standard InChI is InChI=1S/C17H24F4N2O.C4H6O6/c1-16(2,24)11-23(14-5-7-22-8-6-14)10-12-3-4-13(18)9-15(12)17(19,20)21;5-1(3(7)8)2(6)4(9)10/h3-4,9,14,22,24H,5-8,10-11H2,1-2H3;1-2,5-6H,(H,7,8)(H,9,10). The second-order valence-corrected chi connectivity index (χ2v) is 8.56. The average molecular weight is 498 g/mol. The van der Waals surface area contributed by atoms with Gasteiger partial charge in [0.25, 0.3) is 0 Å². The van der Waals surface area contributed by atoms with Crippen LogP contribution in [0.5, 0.6) is 0 Å². The molecule has 0 spiro atoms. The first-order valence-corrected chi connectivity index (χ1v) is 10.4. The summed E-state index contributed by atoms with van der Waals surface area (Å²) in [6, 6.07) is 2.87. The molecular weight excluding hydrogens is 468 g/mol. The fraction of sp³-hybridized carbons (Fsp3) is 0.619. The summed E-state index contributed by atoms with van der Waals surface area (Å²) in [6.45, 7) is 5.15. The number of alkyl halides is 3. The molecule has 0 saturated carbocycles. The van der Waals surface area contributed by atoms with Gasteiger partial charge < -0.3 is 30.8 Å². The van der Waals surface area contributed by atoms with Crippen molar-refractivity contribution in [2.45, 2.75) is 63.3 Å². The number of hydrogen-bond acceptors (Lipinski definition) is 7. The normalized spacial score (nSPS) is 17.0. The first-order valence-electron chi connectivity index (χ1n) is 10.4. The number of aliphatic carboxylic acids is 2. The predicted octanol–water partition coefficient (Wildman–Crippen LogP) is 1.05. The first kappa shape index (κ1) is 29.7. The van der Waals surface area contributed by atoms with Crippen LogP contribution in [0.15, 0.2) is 18.2 Å². The molecule has 6 N–H and O–H groups in total. The van der Waals surface area contributed by atoms with Crippen LogP contribution < -0.4 is 5.32 Å². The minimum Gasteiger partial charge on any atom is -0.479 e. The zero-order valence-corrected chi connectivity index (χ0v) is 18.7. The van der Waals surface area contributed by atoms with Crippen molar-refractivity contribution in [3.63, 3.8) is 0 Å². The number of piperidine rings is 1. The van der Waals surface area contributed by atoms with Gasteiger partial charge in [0.15, 0.2) is 12.2 Å². The highest BCUT2D eigenvalue weighted by atomic mass is 19.4. The van der Waals surface area contributed by atoms with Gasteiger partial charge in [-0.25, -0.2) is 14.0 Å². The monoisotopic (exact) mass is 498 g/mol. The van der Waals surface area contributed by atoms with Crippen molar-refractivity contribution in [1.29, 1.82) is 0 Å². The second kappa shape index (κ2) is 12.4. The van der Waals surface area contributed by atoms with Crippen molar-refractivity contribution in [1.82, 2.24) is 10.2 Å². The Morgan fingerprint density at radius 2 is 1.59 bits per heavy atom. The van der Waals surface area contributed by atoms with Gasteiger partial charge >= 0.3 is 18.1 Å². The molecule has 1 aliphatic rings. The molecule has 1 aromatic carbocycles. The maximum atomic E-state index is 13.3. The summed E-state index contributed by atoms with van der Waals surface area (Å²) in [5.74, 6) is -4.44. The van der Waals surface area contributed by atoms with Gasteiger partial charge in [-0.1, -0.05) is 6.07 Å². The quantitative estimate of drug-likeness (QED) is 0.289. The molecule has 194 valence electrons. The molecular formula is C21H30F4N2O7. The summed E-state index contributed by atoms with van der Waals surface area (Å²) in [4.78, 5) is 21.4. The molecule has 2 rings (SSSR count). The van der Waals surface area contributed by atoms with Crippen LogP contribution in [0.3, 0.4) is 0 Å². The molecule has 2 unspecified atom stereocenters. The Labute approximate surface area is 193 Å². The topological polar surface area (TPSA) is 151 Å². The van der Waals surface area contributed by atoms with Gasteiger partial charge in [-0.15, -0.1) is 0 Å². The molecule has 13 heteroatoms. The third-order valence-electron chi connectivity index (χ3n) is 4.97. The molecule has 34 heavy (non-hydrogen) atoms. The van der Waals surface area contributed by atoms with Crippen LogP contribution in [-0.4, -0.2) is 85.9 Å². The SMILES string of the molecule is CC(C)(O)CN(Cc1ccc(F)cc1C(F)(F)F)C1CCNCC1.O=C(O)C(O)C(O)C(=O)O. The molecule has 1 saturated heterocycles. The van der Waals surface area contributed by atoms with Gasteiger partial charge in [-0.05, 0) is 57.5 Å². The maximum absolute atomic E-state index is 13.3. The number of rotatable bonds is 8. The summed E-state index contributed by atoms with van der Waals surface area (Å²) >= 11 is 0. The van der Waals surface area contributed by atoms with E-state index in [0.717, 1.165) is 32.0 Å². The average Bonchev–Trinajstić information content (AvgIpc) is 2.72. The third kappa shape index (κ3) is 9.89. The van der Waals surface area contributed by atoms with Crippen molar-refractivity contribution < 1.29 is 52.7 Å². The Morgan fingerprint density at radius 1 is 1.09 bits per heavy atom. The van der Waals surface area contributed by atoms with Crippen LogP contribution >= 0.6 is 0 Å². The van der Waals surface area contributed by atoms with E-state index in [4.69, 9.17) is 20.4 Å². The predicted molar refractivity (Wildman–Crippen MR) is 111 cm³/mol. The van der Waals surface area contributed by atoms with Crippen LogP contribution in [0.2, 0.25) is 0 Å². The van der Waals surface area contributed by atoms with Crippen molar-refractivity contribution in [3.05, 3.63) is 35.1 Å². The number of aliphatic hydroxyl groups is 3. The molecule has 2 atom stereocenters. The third-order valence-corrected chi connectivity index (χ3v) is 4.97. The minimum absolute atomic E-state index is 0.0315. The summed E-state index contributed by atoms with van der Waals surface area (Å²) in [5.41, 5.74) is -1.94. The molecule has 1 aromatic rings. The van der Waals surface area contributed by atoms with E-state index in [-0.39, 0.29) is 24.7 Å². The molecule has 0 bridgehead atoms. The molecule has 1 heterocycles. The lowest BCUT2D eigenvalue weighted by Crippen LogP contribution is -2.48. The lowest BCUT2D eigenvalue weighted by atomic mass is 9.99. The van der Waals surface area contributed by atoms with E-state index in [1.54, 1.807) is 13.8 Å². The lowest BCUT2D eigenvalue weighted by molar-refractivity contribution is -0.165. The van der Waals surface area contributed by atoms with Gasteiger partial charge in [0.05, 0.1) is 11.2 Å². The minimum atomic E-state index is -4.61. The van der Waals surface area contributed by atoms with E-state index in [0.29, 0.717) is 6.07 Å². The van der Waals surface area contributed by atoms with Gasteiger partial charge in [0.1, 0.15) is 5.82 Å². The Balaban J connectivity index is 0.000000489. The number of nitrogens with zero attached hydrogens (tertiary/aromatic N) is 1. The van der Waals surface area contributed by atoms with Crippen molar-refractivity contribution in [2.75, 3.05) is 19.6 Å². The van der Waals surface area contributed by atoms with Crippen LogP contribution in [0, 0.1) is 5.82 Å². The fourth-order valence-electron chi connectivity index (χ4n) is 3.42. The molecule has 0 radical (unpaired) electrons. The Hall–Kier alpha value is -2.32. The highest BCUT2D eigenvalue weighted by Crippen LogP contribution is 2.34. The number of aliphatic hydroxyl groups excluding tert-OH is 2. The van der Waals surface area contributed by atoms with Crippen LogP contribution in [-0.2, 0) is 22.3 Å². The van der Waals surface area contributed by atoms with E-state index in [1.165, 1.54) is 6.07 Å². The van der Waals surface area contributed by atoms with Gasteiger partial charge in [0, 0.05) is 19.1 Å². The zero-order chi connectivity index (χ0) is 26.3. The molecule has 9 nitrogen and oxygen atoms in total. The number of carboxylic acids is 2. The van der Waals surface area contributed by atoms with E-state index in [2.05, 4.69) is 5.32 Å². The number of nitrogens with one attached hydrogen (secondary N) is 1. The van der Waals surface area contributed by atoms with E-state index >= 15 is 0 Å². The summed E-state index contributed by atoms with van der Waals surface area (Å²) in [7, 11) is 0. The zero-order valence-electron chi connectivity index (χ0n) is 18.7. The van der Waals surface area contributed by atoms with Gasteiger partial charge in [-0.3, -0.25) is 4.90 Å². The van der Waals surface area contributed by atoms with Crippen LogP contribution in [0.4, 0.5) is 17.6 Å². The molecule has 1 aliphatic heterocycles. The Kier molecular flexibility index (Phi) is 10.8. The Morgan fingerprint density at radius 3 is 2.00 bits per heavy atom. The molecule has 0 aromatic heterocycles. The van der Waals surface area contributed by atoms with E-state index in [1.807, 2.05) is 4.90 Å². The van der Waals surface area contributed by atoms with Crippen molar-refractivity contribution >= 4 is 11.9 Å². The van der Waals surface area contributed by atoms with Gasteiger partial charge in [0.2, 0.25) is 0 Å². The molecule has 0 aliphatic carbocycles. The Bertz CT molecular complexity index is 806. The fourth-order valence-corrected chi connectivity index (χ4v) is 3.42. The number of carbonyl (C=O) groups is 2. The first-order chi connectivity index (χ1) is 15.5. The number of halogens is 4. The number of benzene rings is 1. The van der Waals surface area contributed by atoms with Gasteiger partial charge in [-0.2, -0.15) is 13.2 Å². The smallest absolute Gasteiger partial charge is 0.416 e. The molecule has 1 fully saturated rings. The lowest BCUT2D eigenvalue weighted by Gasteiger charge is -2.38. The number of hydrogen-bond donors (Lipinski definition) is 6. The van der Waals surface area contributed by atoms with Crippen LogP contribution in [0.25, 0.3) is 0 Å². The van der Waals surface area contributed by atoms with Crippen molar-refractivity contribution in [2.24, 2.45) is 0 Å². The summed E-state index contributed by atoms with van der Waals surface area (Å²) in [5, 5.41) is 45.9. The largest absolute Gasteiger partial charge is 0.479 e.